The van der Waals surface area contributed by atoms with Crippen molar-refractivity contribution < 1.29 is 13.2 Å². The molecular weight excluding hydrogens is 424 g/mol. The van der Waals surface area contributed by atoms with Crippen molar-refractivity contribution >= 4 is 32.9 Å². The Bertz CT molecular complexity index is 1140. The quantitative estimate of drug-likeness (QED) is 0.604. The molecule has 0 bridgehead atoms. The minimum atomic E-state index is -3.29. The number of hydrogen-bond acceptors (Lipinski definition) is 7. The minimum absolute atomic E-state index is 0.164. The number of nitrogens with zero attached hydrogens (tertiary/aromatic N) is 5. The highest BCUT2D eigenvalue weighted by Crippen LogP contribution is 2.24. The van der Waals surface area contributed by atoms with E-state index in [9.17, 15) is 13.2 Å². The molecule has 1 atom stereocenters. The lowest BCUT2D eigenvalue weighted by atomic mass is 10.2. The number of piperazine rings is 1. The molecular formula is C19H24N6O3S2. The third-order valence-corrected chi connectivity index (χ3v) is 7.51. The van der Waals surface area contributed by atoms with E-state index >= 15 is 0 Å². The monoisotopic (exact) mass is 448 g/mol. The SMILES string of the molecule is CN1CCN(S(C)(=O)=O)CC1c1nnc2ccc(C(=O)NCCc3cccs3)cn12. The van der Waals surface area contributed by atoms with E-state index in [-0.39, 0.29) is 11.9 Å². The van der Waals surface area contributed by atoms with Crippen LogP contribution in [0.15, 0.2) is 35.8 Å². The predicted octanol–water partition coefficient (Wildman–Crippen LogP) is 1.01. The number of fused-ring (bicyclic) bond motifs is 1. The molecule has 0 saturated carbocycles. The van der Waals surface area contributed by atoms with Gasteiger partial charge in [-0.1, -0.05) is 6.07 Å². The Balaban J connectivity index is 1.54. The van der Waals surface area contributed by atoms with Crippen molar-refractivity contribution in [3.63, 3.8) is 0 Å². The van der Waals surface area contributed by atoms with E-state index in [1.807, 2.05) is 24.6 Å². The average Bonchev–Trinajstić information content (AvgIpc) is 3.36. The molecule has 1 aliphatic rings. The number of nitrogens with one attached hydrogen (secondary N) is 1. The normalized spacial score (nSPS) is 18.7. The van der Waals surface area contributed by atoms with Gasteiger partial charge in [-0.25, -0.2) is 8.42 Å². The third-order valence-electron chi connectivity index (χ3n) is 5.31. The van der Waals surface area contributed by atoms with Crippen LogP contribution >= 0.6 is 11.3 Å². The van der Waals surface area contributed by atoms with Gasteiger partial charge in [-0.2, -0.15) is 4.31 Å². The Hall–Kier alpha value is -2.34. The summed E-state index contributed by atoms with van der Waals surface area (Å²) in [5, 5.41) is 13.5. The van der Waals surface area contributed by atoms with Crippen molar-refractivity contribution in [2.24, 2.45) is 0 Å². The zero-order valence-electron chi connectivity index (χ0n) is 16.9. The first kappa shape index (κ1) is 20.9. The summed E-state index contributed by atoms with van der Waals surface area (Å²) >= 11 is 1.67. The predicted molar refractivity (Wildman–Crippen MR) is 115 cm³/mol. The first-order valence-corrected chi connectivity index (χ1v) is 12.4. The number of aromatic nitrogens is 3. The molecule has 4 rings (SSSR count). The standard InChI is InChI=1S/C19H24N6O3S2/c1-23-9-10-24(30(2,27)28)13-16(23)18-22-21-17-6-5-14(12-25(17)18)19(26)20-8-7-15-4-3-11-29-15/h3-6,11-12,16H,7-10,13H2,1-2H3,(H,20,26). The summed E-state index contributed by atoms with van der Waals surface area (Å²) in [5.74, 6) is 0.456. The fourth-order valence-corrected chi connectivity index (χ4v) is 5.09. The first-order chi connectivity index (χ1) is 14.3. The van der Waals surface area contributed by atoms with Crippen molar-refractivity contribution in [2.45, 2.75) is 12.5 Å². The van der Waals surface area contributed by atoms with Crippen LogP contribution in [0, 0.1) is 0 Å². The molecule has 9 nitrogen and oxygen atoms in total. The third kappa shape index (κ3) is 4.38. The Kier molecular flexibility index (Phi) is 5.87. The number of rotatable bonds is 6. The number of carbonyl (C=O) groups is 1. The van der Waals surface area contributed by atoms with Gasteiger partial charge in [-0.15, -0.1) is 21.5 Å². The van der Waals surface area contributed by atoms with Gasteiger partial charge in [0.1, 0.15) is 0 Å². The maximum Gasteiger partial charge on any atom is 0.252 e. The molecule has 1 fully saturated rings. The number of sulfonamides is 1. The van der Waals surface area contributed by atoms with E-state index < -0.39 is 10.0 Å². The summed E-state index contributed by atoms with van der Waals surface area (Å²) in [5.41, 5.74) is 1.12. The van der Waals surface area contributed by atoms with E-state index in [0.717, 1.165) is 6.42 Å². The zero-order valence-corrected chi connectivity index (χ0v) is 18.5. The van der Waals surface area contributed by atoms with Gasteiger partial charge in [0.15, 0.2) is 11.5 Å². The van der Waals surface area contributed by atoms with Gasteiger partial charge in [0.25, 0.3) is 5.91 Å². The Morgan fingerprint density at radius 1 is 1.27 bits per heavy atom. The Morgan fingerprint density at radius 2 is 2.10 bits per heavy atom. The highest BCUT2D eigenvalue weighted by Gasteiger charge is 2.33. The smallest absolute Gasteiger partial charge is 0.252 e. The highest BCUT2D eigenvalue weighted by atomic mass is 32.2. The average molecular weight is 449 g/mol. The van der Waals surface area contributed by atoms with Gasteiger partial charge in [0.2, 0.25) is 10.0 Å². The first-order valence-electron chi connectivity index (χ1n) is 9.63. The molecule has 0 radical (unpaired) electrons. The van der Waals surface area contributed by atoms with Gasteiger partial charge in [-0.05, 0) is 37.0 Å². The number of hydrogen-bond donors (Lipinski definition) is 1. The van der Waals surface area contributed by atoms with Crippen LogP contribution in [0.25, 0.3) is 5.65 Å². The van der Waals surface area contributed by atoms with Crippen LogP contribution in [0.5, 0.6) is 0 Å². The molecule has 160 valence electrons. The van der Waals surface area contributed by atoms with Gasteiger partial charge in [-0.3, -0.25) is 14.1 Å². The zero-order chi connectivity index (χ0) is 21.3. The molecule has 3 aromatic rings. The minimum Gasteiger partial charge on any atom is -0.352 e. The van der Waals surface area contributed by atoms with E-state index in [2.05, 4.69) is 20.4 Å². The van der Waals surface area contributed by atoms with Crippen LogP contribution < -0.4 is 5.32 Å². The van der Waals surface area contributed by atoms with E-state index in [4.69, 9.17) is 0 Å². The number of likely N-dealkylation sites (N-methyl/N-ethyl adjacent to an activating group) is 1. The molecule has 1 saturated heterocycles. The Labute approximate surface area is 179 Å². The highest BCUT2D eigenvalue weighted by molar-refractivity contribution is 7.88. The molecule has 11 heteroatoms. The Morgan fingerprint density at radius 3 is 2.83 bits per heavy atom. The molecule has 1 aliphatic heterocycles. The van der Waals surface area contributed by atoms with Crippen molar-refractivity contribution in [2.75, 3.05) is 39.5 Å². The van der Waals surface area contributed by atoms with Crippen LogP contribution in [-0.4, -0.2) is 77.6 Å². The van der Waals surface area contributed by atoms with Crippen LogP contribution in [0.3, 0.4) is 0 Å². The second-order valence-electron chi connectivity index (χ2n) is 7.41. The van der Waals surface area contributed by atoms with Crippen LogP contribution in [0.2, 0.25) is 0 Å². The maximum atomic E-state index is 12.6. The van der Waals surface area contributed by atoms with Crippen molar-refractivity contribution in [3.05, 3.63) is 52.1 Å². The molecule has 1 N–H and O–H groups in total. The summed E-state index contributed by atoms with van der Waals surface area (Å²) in [6.45, 7) is 1.89. The van der Waals surface area contributed by atoms with Gasteiger partial charge >= 0.3 is 0 Å². The molecule has 4 heterocycles. The van der Waals surface area contributed by atoms with Crippen molar-refractivity contribution in [1.82, 2.24) is 29.1 Å². The lowest BCUT2D eigenvalue weighted by Gasteiger charge is -2.37. The van der Waals surface area contributed by atoms with E-state index in [1.54, 1.807) is 34.1 Å². The lowest BCUT2D eigenvalue weighted by molar-refractivity contribution is 0.0953. The van der Waals surface area contributed by atoms with Crippen molar-refractivity contribution in [1.29, 1.82) is 0 Å². The van der Waals surface area contributed by atoms with Crippen LogP contribution in [0.4, 0.5) is 0 Å². The lowest BCUT2D eigenvalue weighted by Crippen LogP contribution is -2.49. The number of amides is 1. The van der Waals surface area contributed by atoms with Crippen LogP contribution in [0.1, 0.15) is 27.1 Å². The molecule has 0 aromatic carbocycles. The molecule has 1 amide bonds. The van der Waals surface area contributed by atoms with Crippen LogP contribution in [-0.2, 0) is 16.4 Å². The molecule has 3 aromatic heterocycles. The summed E-state index contributed by atoms with van der Waals surface area (Å²) < 4.78 is 27.3. The number of pyridine rings is 1. The van der Waals surface area contributed by atoms with Gasteiger partial charge < -0.3 is 5.32 Å². The number of carbonyl (C=O) groups excluding carboxylic acids is 1. The second kappa shape index (κ2) is 8.42. The summed E-state index contributed by atoms with van der Waals surface area (Å²) in [7, 11) is -1.35. The molecule has 0 spiro atoms. The molecule has 1 unspecified atom stereocenters. The van der Waals surface area contributed by atoms with Crippen molar-refractivity contribution in [3.8, 4) is 0 Å². The summed E-state index contributed by atoms with van der Waals surface area (Å²) in [6.07, 6.45) is 3.73. The molecule has 30 heavy (non-hydrogen) atoms. The van der Waals surface area contributed by atoms with Gasteiger partial charge in [0, 0.05) is 37.3 Å². The fraction of sp³-hybridized carbons (Fsp3) is 0.421. The summed E-state index contributed by atoms with van der Waals surface area (Å²) in [4.78, 5) is 15.9. The topological polar surface area (TPSA) is 99.9 Å². The van der Waals surface area contributed by atoms with E-state index in [1.165, 1.54) is 15.4 Å². The second-order valence-corrected chi connectivity index (χ2v) is 10.4. The number of thiophene rings is 1. The largest absolute Gasteiger partial charge is 0.352 e. The fourth-order valence-electron chi connectivity index (χ4n) is 3.55. The van der Waals surface area contributed by atoms with E-state index in [0.29, 0.717) is 43.2 Å². The molecule has 0 aliphatic carbocycles. The maximum absolute atomic E-state index is 12.6. The van der Waals surface area contributed by atoms with Gasteiger partial charge in [0.05, 0.1) is 17.9 Å². The summed E-state index contributed by atoms with van der Waals surface area (Å²) in [6, 6.07) is 7.27.